The summed E-state index contributed by atoms with van der Waals surface area (Å²) in [6.45, 7) is 5.69. The molecule has 0 saturated heterocycles. The van der Waals surface area contributed by atoms with Crippen LogP contribution >= 0.6 is 0 Å². The molecule has 27 heavy (non-hydrogen) atoms. The third-order valence-corrected chi connectivity index (χ3v) is 3.11. The Balaban J connectivity index is 3.38. The van der Waals surface area contributed by atoms with Gasteiger partial charge in [-0.25, -0.2) is 4.79 Å². The number of rotatable bonds is 15. The van der Waals surface area contributed by atoms with E-state index in [2.05, 4.69) is 16.0 Å². The van der Waals surface area contributed by atoms with Crippen LogP contribution in [0.5, 0.6) is 0 Å². The minimum atomic E-state index is -0.915. The van der Waals surface area contributed by atoms with Crippen LogP contribution in [0, 0.1) is 5.92 Å². The van der Waals surface area contributed by atoms with E-state index in [0.29, 0.717) is 39.2 Å². The largest absolute Gasteiger partial charge is 0.481 e. The number of carboxylic acid groups (broad SMARTS) is 1. The molecule has 0 spiro atoms. The van der Waals surface area contributed by atoms with Gasteiger partial charge in [-0.15, -0.1) is 0 Å². The average Bonchev–Trinajstić information content (AvgIpc) is 2.55. The molecule has 0 aliphatic carbocycles. The molecule has 0 heterocycles. The Hall–Kier alpha value is -2.20. The molecule has 0 aliphatic rings. The van der Waals surface area contributed by atoms with Crippen molar-refractivity contribution >= 4 is 23.8 Å². The van der Waals surface area contributed by atoms with Crippen molar-refractivity contribution in [1.82, 2.24) is 16.0 Å². The zero-order valence-corrected chi connectivity index (χ0v) is 16.0. The van der Waals surface area contributed by atoms with Crippen LogP contribution in [0.1, 0.15) is 39.5 Å². The van der Waals surface area contributed by atoms with Gasteiger partial charge in [0.2, 0.25) is 11.8 Å². The number of hydrogen-bond donors (Lipinski definition) is 4. The summed E-state index contributed by atoms with van der Waals surface area (Å²) in [5.41, 5.74) is 0. The van der Waals surface area contributed by atoms with Crippen LogP contribution in [0.25, 0.3) is 0 Å². The molecular formula is C17H31N3O7. The molecule has 0 radical (unpaired) electrons. The van der Waals surface area contributed by atoms with Crippen LogP contribution in [0.3, 0.4) is 0 Å². The summed E-state index contributed by atoms with van der Waals surface area (Å²) in [6, 6.07) is -0.542. The lowest BCUT2D eigenvalue weighted by Crippen LogP contribution is -2.41. The Kier molecular flexibility index (Phi) is 14.7. The Morgan fingerprint density at radius 2 is 1.44 bits per heavy atom. The minimum Gasteiger partial charge on any atom is -0.481 e. The molecule has 10 heteroatoms. The lowest BCUT2D eigenvalue weighted by atomic mass is 10.1. The summed E-state index contributed by atoms with van der Waals surface area (Å²) < 4.78 is 10.5. The Labute approximate surface area is 159 Å². The molecule has 0 rings (SSSR count). The smallest absolute Gasteiger partial charge is 0.321 e. The van der Waals surface area contributed by atoms with Gasteiger partial charge in [0.25, 0.3) is 0 Å². The van der Waals surface area contributed by atoms with E-state index in [1.54, 1.807) is 0 Å². The molecule has 156 valence electrons. The van der Waals surface area contributed by atoms with E-state index < -0.39 is 12.0 Å². The molecule has 0 unspecified atom stereocenters. The highest BCUT2D eigenvalue weighted by Gasteiger charge is 2.08. The predicted octanol–water partition coefficient (Wildman–Crippen LogP) is 0.263. The number of imide groups is 1. The zero-order valence-electron chi connectivity index (χ0n) is 16.0. The summed E-state index contributed by atoms with van der Waals surface area (Å²) in [5, 5.41) is 15.8. The summed E-state index contributed by atoms with van der Waals surface area (Å²) in [7, 11) is 0. The van der Waals surface area contributed by atoms with Crippen LogP contribution in [-0.2, 0) is 23.9 Å². The van der Waals surface area contributed by atoms with E-state index >= 15 is 0 Å². The second-order valence-corrected chi connectivity index (χ2v) is 6.22. The van der Waals surface area contributed by atoms with Crippen LogP contribution in [0.4, 0.5) is 4.79 Å². The second-order valence-electron chi connectivity index (χ2n) is 6.22. The Morgan fingerprint density at radius 1 is 0.852 bits per heavy atom. The van der Waals surface area contributed by atoms with E-state index in [-0.39, 0.29) is 43.7 Å². The molecule has 0 aromatic carbocycles. The van der Waals surface area contributed by atoms with Crippen molar-refractivity contribution in [3.63, 3.8) is 0 Å². The number of carbonyl (C=O) groups excluding carboxylic acids is 3. The first-order valence-corrected chi connectivity index (χ1v) is 9.03. The van der Waals surface area contributed by atoms with Crippen LogP contribution < -0.4 is 16.0 Å². The SMILES string of the molecule is CC(C)CC(=O)NC(=O)NCCOCCOCCNC(=O)CCCC(=O)O. The molecule has 10 nitrogen and oxygen atoms in total. The van der Waals surface area contributed by atoms with Gasteiger partial charge < -0.3 is 25.2 Å². The molecule has 4 amide bonds. The van der Waals surface area contributed by atoms with Gasteiger partial charge in [-0.05, 0) is 12.3 Å². The highest BCUT2D eigenvalue weighted by atomic mass is 16.5. The molecule has 4 N–H and O–H groups in total. The standard InChI is InChI=1S/C17H31N3O7/c1-13(2)12-15(22)20-17(25)19-7-9-27-11-10-26-8-6-18-14(21)4-3-5-16(23)24/h13H,3-12H2,1-2H3,(H,18,21)(H,23,24)(H2,19,20,22,25). The summed E-state index contributed by atoms with van der Waals surface area (Å²) >= 11 is 0. The van der Waals surface area contributed by atoms with Crippen molar-refractivity contribution in [2.75, 3.05) is 39.5 Å². The number of carbonyl (C=O) groups is 4. The van der Waals surface area contributed by atoms with Gasteiger partial charge in [0.1, 0.15) is 0 Å². The number of ether oxygens (including phenoxy) is 2. The maximum Gasteiger partial charge on any atom is 0.321 e. The van der Waals surface area contributed by atoms with E-state index in [0.717, 1.165) is 0 Å². The van der Waals surface area contributed by atoms with Crippen molar-refractivity contribution in [3.8, 4) is 0 Å². The Morgan fingerprint density at radius 3 is 2.00 bits per heavy atom. The van der Waals surface area contributed by atoms with E-state index in [9.17, 15) is 19.2 Å². The van der Waals surface area contributed by atoms with Crippen molar-refractivity contribution in [1.29, 1.82) is 0 Å². The number of hydrogen-bond acceptors (Lipinski definition) is 6. The normalized spacial score (nSPS) is 10.5. The van der Waals surface area contributed by atoms with Crippen molar-refractivity contribution < 1.29 is 33.8 Å². The minimum absolute atomic E-state index is 0.0218. The molecule has 0 bridgehead atoms. The summed E-state index contributed by atoms with van der Waals surface area (Å²) in [5.74, 6) is -1.24. The maximum absolute atomic E-state index is 11.4. The first-order chi connectivity index (χ1) is 12.8. The first-order valence-electron chi connectivity index (χ1n) is 9.03. The van der Waals surface area contributed by atoms with Gasteiger partial charge >= 0.3 is 12.0 Å². The van der Waals surface area contributed by atoms with Crippen molar-refractivity contribution in [2.45, 2.75) is 39.5 Å². The molecule has 0 aromatic rings. The fourth-order valence-corrected chi connectivity index (χ4v) is 1.90. The molecule has 0 aliphatic heterocycles. The molecule has 0 atom stereocenters. The number of amides is 4. The molecule has 0 saturated carbocycles. The van der Waals surface area contributed by atoms with Gasteiger partial charge in [-0.3, -0.25) is 19.7 Å². The van der Waals surface area contributed by atoms with Gasteiger partial charge in [-0.2, -0.15) is 0 Å². The monoisotopic (exact) mass is 389 g/mol. The number of nitrogens with one attached hydrogen (secondary N) is 3. The van der Waals surface area contributed by atoms with Gasteiger partial charge in [-0.1, -0.05) is 13.8 Å². The van der Waals surface area contributed by atoms with E-state index in [4.69, 9.17) is 14.6 Å². The maximum atomic E-state index is 11.4. The van der Waals surface area contributed by atoms with E-state index in [1.807, 2.05) is 13.8 Å². The van der Waals surface area contributed by atoms with Crippen LogP contribution in [0.2, 0.25) is 0 Å². The number of carboxylic acids is 1. The third-order valence-electron chi connectivity index (χ3n) is 3.11. The lowest BCUT2D eigenvalue weighted by Gasteiger charge is -2.09. The zero-order chi connectivity index (χ0) is 20.5. The number of aliphatic carboxylic acids is 1. The topological polar surface area (TPSA) is 143 Å². The highest BCUT2D eigenvalue weighted by molar-refractivity contribution is 5.94. The third kappa shape index (κ3) is 18.4. The fraction of sp³-hybridized carbons (Fsp3) is 0.765. The summed E-state index contributed by atoms with van der Waals surface area (Å²) in [6.07, 6.45) is 0.767. The molecular weight excluding hydrogens is 358 g/mol. The fourth-order valence-electron chi connectivity index (χ4n) is 1.90. The first kappa shape index (κ1) is 24.8. The van der Waals surface area contributed by atoms with Crippen molar-refractivity contribution in [3.05, 3.63) is 0 Å². The van der Waals surface area contributed by atoms with Crippen LogP contribution in [-0.4, -0.2) is 68.4 Å². The summed E-state index contributed by atoms with van der Waals surface area (Å²) in [4.78, 5) is 44.5. The lowest BCUT2D eigenvalue weighted by molar-refractivity contribution is -0.137. The molecule has 0 fully saturated rings. The van der Waals surface area contributed by atoms with E-state index in [1.165, 1.54) is 0 Å². The van der Waals surface area contributed by atoms with Gasteiger partial charge in [0.15, 0.2) is 0 Å². The van der Waals surface area contributed by atoms with Crippen LogP contribution in [0.15, 0.2) is 0 Å². The quantitative estimate of drug-likeness (QED) is 0.294. The predicted molar refractivity (Wildman–Crippen MR) is 97.1 cm³/mol. The van der Waals surface area contributed by atoms with Gasteiger partial charge in [0, 0.05) is 32.4 Å². The van der Waals surface area contributed by atoms with Crippen molar-refractivity contribution in [2.24, 2.45) is 5.92 Å². The van der Waals surface area contributed by atoms with Gasteiger partial charge in [0.05, 0.1) is 26.4 Å². The highest BCUT2D eigenvalue weighted by Crippen LogP contribution is 1.97. The Bertz CT molecular complexity index is 469. The second kappa shape index (κ2) is 16.0. The molecule has 0 aromatic heterocycles. The number of urea groups is 1. The average molecular weight is 389 g/mol.